The lowest BCUT2D eigenvalue weighted by atomic mass is 10.0. The smallest absolute Gasteiger partial charge is 0.228 e. The Hall–Kier alpha value is -3.79. The lowest BCUT2D eigenvalue weighted by molar-refractivity contribution is -0.104. The van der Waals surface area contributed by atoms with Crippen molar-refractivity contribution in [1.29, 1.82) is 0 Å². The van der Waals surface area contributed by atoms with E-state index in [9.17, 15) is 9.59 Å². The van der Waals surface area contributed by atoms with Gasteiger partial charge in [0.05, 0.1) is 11.0 Å². The molecule has 0 saturated heterocycles. The molecular formula is C23H16N2O2. The van der Waals surface area contributed by atoms with Crippen molar-refractivity contribution >= 4 is 29.2 Å². The fourth-order valence-corrected chi connectivity index (χ4v) is 3.02. The highest BCUT2D eigenvalue weighted by atomic mass is 16.1. The Kier molecular flexibility index (Phi) is 4.45. The van der Waals surface area contributed by atoms with Gasteiger partial charge in [-0.05, 0) is 29.3 Å². The van der Waals surface area contributed by atoms with E-state index >= 15 is 0 Å². The van der Waals surface area contributed by atoms with E-state index in [0.29, 0.717) is 17.4 Å². The minimum Gasteiger partial charge on any atom is -0.335 e. The summed E-state index contributed by atoms with van der Waals surface area (Å²) in [5, 5.41) is 0. The first-order valence-electron chi connectivity index (χ1n) is 8.57. The summed E-state index contributed by atoms with van der Waals surface area (Å²) in [4.78, 5) is 30.9. The van der Waals surface area contributed by atoms with Crippen LogP contribution in [0.25, 0.3) is 28.2 Å². The van der Waals surface area contributed by atoms with Gasteiger partial charge in [0.1, 0.15) is 6.29 Å². The maximum Gasteiger partial charge on any atom is 0.228 e. The molecule has 130 valence electrons. The molecule has 3 aromatic carbocycles. The molecule has 0 spiro atoms. The van der Waals surface area contributed by atoms with Gasteiger partial charge in [-0.1, -0.05) is 66.7 Å². The van der Waals surface area contributed by atoms with Gasteiger partial charge < -0.3 is 4.98 Å². The molecule has 0 aliphatic carbocycles. The van der Waals surface area contributed by atoms with Crippen molar-refractivity contribution in [2.45, 2.75) is 0 Å². The van der Waals surface area contributed by atoms with Crippen molar-refractivity contribution in [1.82, 2.24) is 9.97 Å². The van der Waals surface area contributed by atoms with Crippen molar-refractivity contribution in [2.24, 2.45) is 0 Å². The van der Waals surface area contributed by atoms with Gasteiger partial charge in [0.25, 0.3) is 0 Å². The summed E-state index contributed by atoms with van der Waals surface area (Å²) in [6, 6.07) is 23.1. The van der Waals surface area contributed by atoms with Crippen molar-refractivity contribution < 1.29 is 9.59 Å². The van der Waals surface area contributed by atoms with Gasteiger partial charge >= 0.3 is 0 Å². The van der Waals surface area contributed by atoms with Crippen LogP contribution in [0.15, 0.2) is 78.9 Å². The number of carbonyl (C=O) groups excluding carboxylic acids is 2. The standard InChI is InChI=1S/C23H16N2O2/c26-15-5-9-18-8-4-10-20-21(18)25-23(24-20)22(27)19-13-11-17(12-14-19)16-6-2-1-3-7-16/h1-15H,(H,24,25)/b9-5+. The molecule has 0 aliphatic rings. The van der Waals surface area contributed by atoms with E-state index in [1.54, 1.807) is 6.08 Å². The molecule has 0 bridgehead atoms. The average molecular weight is 352 g/mol. The number of fused-ring (bicyclic) bond motifs is 1. The number of allylic oxidation sites excluding steroid dienone is 1. The van der Waals surface area contributed by atoms with Crippen LogP contribution >= 0.6 is 0 Å². The number of carbonyl (C=O) groups is 2. The Labute approximate surface area is 156 Å². The average Bonchev–Trinajstić information content (AvgIpc) is 3.17. The fraction of sp³-hybridized carbons (Fsp3) is 0. The Morgan fingerprint density at radius 3 is 2.33 bits per heavy atom. The fourth-order valence-electron chi connectivity index (χ4n) is 3.02. The third kappa shape index (κ3) is 3.33. The Morgan fingerprint density at radius 2 is 1.59 bits per heavy atom. The number of aromatic nitrogens is 2. The van der Waals surface area contributed by atoms with Crippen LogP contribution in [-0.2, 0) is 4.79 Å². The van der Waals surface area contributed by atoms with Crippen molar-refractivity contribution in [3.05, 3.63) is 95.8 Å². The number of benzene rings is 3. The summed E-state index contributed by atoms with van der Waals surface area (Å²) in [5.74, 6) is 0.112. The predicted molar refractivity (Wildman–Crippen MR) is 107 cm³/mol. The zero-order valence-corrected chi connectivity index (χ0v) is 14.4. The molecule has 27 heavy (non-hydrogen) atoms. The second kappa shape index (κ2) is 7.22. The SMILES string of the molecule is O=C/C=C/c1cccc2[nH]c(C(=O)c3ccc(-c4ccccc4)cc3)nc12. The number of imidazole rings is 1. The van der Waals surface area contributed by atoms with Crippen LogP contribution in [0.3, 0.4) is 0 Å². The number of nitrogens with zero attached hydrogens (tertiary/aromatic N) is 1. The van der Waals surface area contributed by atoms with Crippen molar-refractivity contribution in [3.8, 4) is 11.1 Å². The second-order valence-electron chi connectivity index (χ2n) is 6.10. The Morgan fingerprint density at radius 1 is 0.852 bits per heavy atom. The van der Waals surface area contributed by atoms with Crippen LogP contribution in [0.1, 0.15) is 21.7 Å². The van der Waals surface area contributed by atoms with Crippen LogP contribution in [0.2, 0.25) is 0 Å². The highest BCUT2D eigenvalue weighted by Crippen LogP contribution is 2.22. The molecule has 0 radical (unpaired) electrons. The summed E-state index contributed by atoms with van der Waals surface area (Å²) >= 11 is 0. The molecule has 1 heterocycles. The molecular weight excluding hydrogens is 336 g/mol. The van der Waals surface area contributed by atoms with Gasteiger partial charge in [-0.3, -0.25) is 9.59 Å². The highest BCUT2D eigenvalue weighted by molar-refractivity contribution is 6.08. The molecule has 4 heteroatoms. The number of aromatic amines is 1. The topological polar surface area (TPSA) is 62.8 Å². The van der Waals surface area contributed by atoms with E-state index in [2.05, 4.69) is 9.97 Å². The van der Waals surface area contributed by atoms with Crippen LogP contribution in [0, 0.1) is 0 Å². The summed E-state index contributed by atoms with van der Waals surface area (Å²) in [6.45, 7) is 0. The number of ketones is 1. The lowest BCUT2D eigenvalue weighted by Gasteiger charge is -2.03. The molecule has 0 aliphatic heterocycles. The molecule has 4 aromatic rings. The van der Waals surface area contributed by atoms with E-state index in [1.165, 1.54) is 6.08 Å². The predicted octanol–water partition coefficient (Wildman–Crippen LogP) is 4.67. The number of aldehydes is 1. The monoisotopic (exact) mass is 352 g/mol. The number of H-pyrrole nitrogens is 1. The zero-order chi connectivity index (χ0) is 18.6. The zero-order valence-electron chi connectivity index (χ0n) is 14.4. The second-order valence-corrected chi connectivity index (χ2v) is 6.10. The van der Waals surface area contributed by atoms with E-state index in [0.717, 1.165) is 22.2 Å². The first kappa shape index (κ1) is 16.7. The maximum atomic E-state index is 12.8. The minimum atomic E-state index is -0.170. The van der Waals surface area contributed by atoms with Gasteiger partial charge in [-0.2, -0.15) is 0 Å². The third-order valence-corrected chi connectivity index (χ3v) is 4.37. The Bertz CT molecular complexity index is 1140. The molecule has 0 unspecified atom stereocenters. The number of para-hydroxylation sites is 1. The Balaban J connectivity index is 1.66. The summed E-state index contributed by atoms with van der Waals surface area (Å²) in [5.41, 5.74) is 4.94. The number of nitrogens with one attached hydrogen (secondary N) is 1. The first-order valence-corrected chi connectivity index (χ1v) is 8.57. The summed E-state index contributed by atoms with van der Waals surface area (Å²) < 4.78 is 0. The van der Waals surface area contributed by atoms with Crippen LogP contribution in [0.5, 0.6) is 0 Å². The molecule has 1 aromatic heterocycles. The third-order valence-electron chi connectivity index (χ3n) is 4.37. The van der Waals surface area contributed by atoms with E-state index in [4.69, 9.17) is 0 Å². The van der Waals surface area contributed by atoms with Gasteiger partial charge in [0.15, 0.2) is 5.82 Å². The lowest BCUT2D eigenvalue weighted by Crippen LogP contribution is -2.03. The van der Waals surface area contributed by atoms with Crippen molar-refractivity contribution in [2.75, 3.05) is 0 Å². The largest absolute Gasteiger partial charge is 0.335 e. The maximum absolute atomic E-state index is 12.8. The molecule has 0 saturated carbocycles. The molecule has 1 N–H and O–H groups in total. The molecule has 0 atom stereocenters. The van der Waals surface area contributed by atoms with Gasteiger partial charge in [0.2, 0.25) is 5.78 Å². The van der Waals surface area contributed by atoms with E-state index < -0.39 is 0 Å². The molecule has 4 nitrogen and oxygen atoms in total. The summed E-state index contributed by atoms with van der Waals surface area (Å²) in [7, 11) is 0. The molecule has 0 fully saturated rings. The van der Waals surface area contributed by atoms with Crippen LogP contribution in [0.4, 0.5) is 0 Å². The minimum absolute atomic E-state index is 0.170. The first-order chi connectivity index (χ1) is 13.3. The number of hydrogen-bond donors (Lipinski definition) is 1. The summed E-state index contributed by atoms with van der Waals surface area (Å²) in [6.07, 6.45) is 3.80. The van der Waals surface area contributed by atoms with Crippen LogP contribution < -0.4 is 0 Å². The normalized spacial score (nSPS) is 11.1. The van der Waals surface area contributed by atoms with Crippen LogP contribution in [-0.4, -0.2) is 22.0 Å². The van der Waals surface area contributed by atoms with Gasteiger partial charge in [-0.15, -0.1) is 0 Å². The highest BCUT2D eigenvalue weighted by Gasteiger charge is 2.15. The van der Waals surface area contributed by atoms with Gasteiger partial charge in [0, 0.05) is 11.1 Å². The van der Waals surface area contributed by atoms with Gasteiger partial charge in [-0.25, -0.2) is 4.98 Å². The van der Waals surface area contributed by atoms with Crippen molar-refractivity contribution in [3.63, 3.8) is 0 Å². The quantitative estimate of drug-likeness (QED) is 0.322. The molecule has 0 amide bonds. The number of rotatable bonds is 5. The molecule has 4 rings (SSSR count). The number of hydrogen-bond acceptors (Lipinski definition) is 3. The van der Waals surface area contributed by atoms with E-state index in [-0.39, 0.29) is 11.6 Å². The van der Waals surface area contributed by atoms with E-state index in [1.807, 2.05) is 72.8 Å².